The minimum absolute atomic E-state index is 0.717. The molecule has 3 nitrogen and oxygen atoms in total. The van der Waals surface area contributed by atoms with E-state index in [1.54, 1.807) is 0 Å². The van der Waals surface area contributed by atoms with Crippen LogP contribution in [0.3, 0.4) is 0 Å². The van der Waals surface area contributed by atoms with Gasteiger partial charge < -0.3 is 4.74 Å². The van der Waals surface area contributed by atoms with Gasteiger partial charge in [-0.15, -0.1) is 11.3 Å². The molecule has 0 unspecified atom stereocenters. The van der Waals surface area contributed by atoms with E-state index in [1.165, 1.54) is 52.5 Å². The van der Waals surface area contributed by atoms with Crippen LogP contribution in [-0.4, -0.2) is 9.97 Å². The number of hydrogen-bond acceptors (Lipinski definition) is 4. The predicted molar refractivity (Wildman–Crippen MR) is 201 cm³/mol. The minimum Gasteiger partial charge on any atom is -0.455 e. The van der Waals surface area contributed by atoms with E-state index in [9.17, 15) is 0 Å². The Balaban J connectivity index is 1.16. The van der Waals surface area contributed by atoms with Crippen molar-refractivity contribution in [3.8, 4) is 45.3 Å². The second kappa shape index (κ2) is 9.71. The minimum atomic E-state index is 0.717. The summed E-state index contributed by atoms with van der Waals surface area (Å²) in [5.41, 5.74) is 5.89. The monoisotopic (exact) mass is 628 g/mol. The molecule has 222 valence electrons. The van der Waals surface area contributed by atoms with E-state index in [0.29, 0.717) is 5.82 Å². The molecule has 0 N–H and O–H groups in total. The number of para-hydroxylation sites is 1. The van der Waals surface area contributed by atoms with Gasteiger partial charge in [-0.25, -0.2) is 9.97 Å². The summed E-state index contributed by atoms with van der Waals surface area (Å²) in [6.07, 6.45) is 0. The highest BCUT2D eigenvalue weighted by atomic mass is 32.1. The SMILES string of the molecule is c1ccc2c(c1)Oc1c(-c3ccc4c5ccccc5c5ccccc5c4c3)ccc3nc(-c4ccc5sc6ccccc6c5c4)nc-2c13. The van der Waals surface area contributed by atoms with Gasteiger partial charge >= 0.3 is 0 Å². The van der Waals surface area contributed by atoms with Crippen molar-refractivity contribution in [1.29, 1.82) is 0 Å². The zero-order valence-electron chi connectivity index (χ0n) is 25.6. The first-order valence-electron chi connectivity index (χ1n) is 16.2. The van der Waals surface area contributed by atoms with Crippen molar-refractivity contribution in [3.63, 3.8) is 0 Å². The van der Waals surface area contributed by atoms with Crippen LogP contribution >= 0.6 is 11.3 Å². The third kappa shape index (κ3) is 3.63. The topological polar surface area (TPSA) is 35.0 Å². The molecule has 0 radical (unpaired) electrons. The molecule has 3 heterocycles. The van der Waals surface area contributed by atoms with Crippen LogP contribution in [0.4, 0.5) is 0 Å². The van der Waals surface area contributed by atoms with Gasteiger partial charge in [-0.2, -0.15) is 0 Å². The fraction of sp³-hybridized carbons (Fsp3) is 0. The largest absolute Gasteiger partial charge is 0.455 e. The zero-order valence-corrected chi connectivity index (χ0v) is 26.4. The maximum absolute atomic E-state index is 6.77. The van der Waals surface area contributed by atoms with Crippen LogP contribution in [0.15, 0.2) is 146 Å². The van der Waals surface area contributed by atoms with E-state index in [0.717, 1.165) is 50.3 Å². The number of fused-ring (bicyclic) bond motifs is 11. The Morgan fingerprint density at radius 3 is 1.88 bits per heavy atom. The Bertz CT molecular complexity index is 2960. The lowest BCUT2D eigenvalue weighted by atomic mass is 9.91. The second-order valence-electron chi connectivity index (χ2n) is 12.5. The molecule has 1 aliphatic heterocycles. The van der Waals surface area contributed by atoms with Gasteiger partial charge in [-0.1, -0.05) is 91.0 Å². The number of benzene rings is 8. The summed E-state index contributed by atoms with van der Waals surface area (Å²) >= 11 is 1.82. The van der Waals surface area contributed by atoms with Crippen molar-refractivity contribution in [3.05, 3.63) is 146 Å². The number of ether oxygens (including phenoxy) is 1. The summed E-state index contributed by atoms with van der Waals surface area (Å²) in [5, 5.41) is 11.0. The fourth-order valence-electron chi connectivity index (χ4n) is 7.65. The first kappa shape index (κ1) is 26.0. The highest BCUT2D eigenvalue weighted by molar-refractivity contribution is 7.25. The quantitative estimate of drug-likeness (QED) is 0.179. The molecule has 8 aromatic carbocycles. The molecule has 11 rings (SSSR count). The Labute approximate surface area is 279 Å². The average molecular weight is 629 g/mol. The summed E-state index contributed by atoms with van der Waals surface area (Å²) in [4.78, 5) is 10.5. The van der Waals surface area contributed by atoms with Gasteiger partial charge in [0.25, 0.3) is 0 Å². The molecule has 0 aliphatic carbocycles. The summed E-state index contributed by atoms with van der Waals surface area (Å²) in [5.74, 6) is 2.32. The van der Waals surface area contributed by atoms with Gasteiger partial charge in [0.15, 0.2) is 5.82 Å². The molecule has 0 amide bonds. The number of aromatic nitrogens is 2. The molecular formula is C44H24N2OS. The van der Waals surface area contributed by atoms with Crippen LogP contribution < -0.4 is 4.74 Å². The van der Waals surface area contributed by atoms with Crippen molar-refractivity contribution in [2.75, 3.05) is 0 Å². The number of nitrogens with zero attached hydrogens (tertiary/aromatic N) is 2. The van der Waals surface area contributed by atoms with E-state index >= 15 is 0 Å². The average Bonchev–Trinajstić information content (AvgIpc) is 3.53. The van der Waals surface area contributed by atoms with Gasteiger partial charge in [0, 0.05) is 36.9 Å². The lowest BCUT2D eigenvalue weighted by molar-refractivity contribution is 0.488. The summed E-state index contributed by atoms with van der Waals surface area (Å²) in [7, 11) is 0. The maximum Gasteiger partial charge on any atom is 0.160 e. The lowest BCUT2D eigenvalue weighted by Gasteiger charge is -2.23. The first-order valence-corrected chi connectivity index (χ1v) is 17.0. The van der Waals surface area contributed by atoms with Gasteiger partial charge in [0.05, 0.1) is 16.6 Å². The van der Waals surface area contributed by atoms with Gasteiger partial charge in [0.2, 0.25) is 0 Å². The fourth-order valence-corrected chi connectivity index (χ4v) is 8.74. The summed E-state index contributed by atoms with van der Waals surface area (Å²) in [6.45, 7) is 0. The third-order valence-electron chi connectivity index (χ3n) is 9.86. The third-order valence-corrected chi connectivity index (χ3v) is 11.0. The van der Waals surface area contributed by atoms with Crippen molar-refractivity contribution in [2.24, 2.45) is 0 Å². The molecule has 0 bridgehead atoms. The van der Waals surface area contributed by atoms with Crippen LogP contribution in [-0.2, 0) is 0 Å². The molecule has 4 heteroatoms. The van der Waals surface area contributed by atoms with Crippen LogP contribution in [0.25, 0.3) is 97.2 Å². The normalized spacial score (nSPS) is 12.3. The van der Waals surface area contributed by atoms with E-state index < -0.39 is 0 Å². The Hall–Kier alpha value is -6.10. The number of hydrogen-bond donors (Lipinski definition) is 0. The predicted octanol–water partition coefficient (Wildman–Crippen LogP) is 12.6. The molecule has 0 spiro atoms. The van der Waals surface area contributed by atoms with Crippen LogP contribution in [0.5, 0.6) is 11.5 Å². The molecule has 48 heavy (non-hydrogen) atoms. The van der Waals surface area contributed by atoms with Crippen LogP contribution in [0, 0.1) is 0 Å². The highest BCUT2D eigenvalue weighted by Crippen LogP contribution is 2.50. The van der Waals surface area contributed by atoms with Crippen molar-refractivity contribution in [1.82, 2.24) is 9.97 Å². The second-order valence-corrected chi connectivity index (χ2v) is 13.6. The first-order chi connectivity index (χ1) is 23.8. The molecule has 0 fully saturated rings. The molecule has 1 aliphatic rings. The van der Waals surface area contributed by atoms with Crippen molar-refractivity contribution in [2.45, 2.75) is 0 Å². The van der Waals surface area contributed by atoms with Crippen molar-refractivity contribution < 1.29 is 4.74 Å². The highest BCUT2D eigenvalue weighted by Gasteiger charge is 2.26. The van der Waals surface area contributed by atoms with E-state index in [2.05, 4.69) is 127 Å². The Morgan fingerprint density at radius 2 is 1.06 bits per heavy atom. The molecule has 2 aromatic heterocycles. The molecule has 0 atom stereocenters. The van der Waals surface area contributed by atoms with Gasteiger partial charge in [-0.05, 0) is 92.5 Å². The molecule has 0 saturated carbocycles. The van der Waals surface area contributed by atoms with Gasteiger partial charge in [-0.3, -0.25) is 0 Å². The van der Waals surface area contributed by atoms with E-state index in [-0.39, 0.29) is 0 Å². The van der Waals surface area contributed by atoms with E-state index in [4.69, 9.17) is 14.7 Å². The molecule has 0 saturated heterocycles. The van der Waals surface area contributed by atoms with Crippen LogP contribution in [0.2, 0.25) is 0 Å². The number of thiophene rings is 1. The maximum atomic E-state index is 6.77. The summed E-state index contributed by atoms with van der Waals surface area (Å²) in [6, 6.07) is 51.9. The Kier molecular flexibility index (Phi) is 5.26. The zero-order chi connectivity index (χ0) is 31.3. The number of rotatable bonds is 2. The Morgan fingerprint density at radius 1 is 0.438 bits per heavy atom. The van der Waals surface area contributed by atoms with Crippen molar-refractivity contribution >= 4 is 74.7 Å². The lowest BCUT2D eigenvalue weighted by Crippen LogP contribution is -2.03. The standard InChI is InChI=1S/C44H24N2OS/c1-2-11-30-28(9-1)29-10-3-4-12-31(29)35-23-25(17-19-32(30)35)27-20-21-37-41-42(34-14-5-7-15-38(34)47-43(27)41)46-44(45-37)26-18-22-40-36(24-26)33-13-6-8-16-39(33)48-40/h1-24H. The van der Waals surface area contributed by atoms with Crippen LogP contribution in [0.1, 0.15) is 0 Å². The molecule has 10 aromatic rings. The van der Waals surface area contributed by atoms with E-state index in [1.807, 2.05) is 29.5 Å². The molecular weight excluding hydrogens is 605 g/mol. The summed E-state index contributed by atoms with van der Waals surface area (Å²) < 4.78 is 9.32. The smallest absolute Gasteiger partial charge is 0.160 e. The van der Waals surface area contributed by atoms with Gasteiger partial charge in [0.1, 0.15) is 11.5 Å².